The molecule has 0 amide bonds. The van der Waals surface area contributed by atoms with Gasteiger partial charge in [-0.3, -0.25) is 0 Å². The van der Waals surface area contributed by atoms with Crippen molar-refractivity contribution in [2.45, 2.75) is 46.1 Å². The van der Waals surface area contributed by atoms with Gasteiger partial charge in [-0.2, -0.15) is 0 Å². The highest BCUT2D eigenvalue weighted by Gasteiger charge is 2.25. The van der Waals surface area contributed by atoms with Crippen LogP contribution in [0.4, 0.5) is 5.82 Å². The molecule has 1 fully saturated rings. The van der Waals surface area contributed by atoms with Crippen LogP contribution in [-0.2, 0) is 6.42 Å². The first-order valence-electron chi connectivity index (χ1n) is 6.92. The third-order valence-electron chi connectivity index (χ3n) is 3.81. The number of nitrogens with zero attached hydrogens (tertiary/aromatic N) is 2. The first-order chi connectivity index (χ1) is 8.46. The van der Waals surface area contributed by atoms with Crippen molar-refractivity contribution < 1.29 is 0 Å². The molecule has 1 unspecified atom stereocenters. The Morgan fingerprint density at radius 2 is 2.00 bits per heavy atom. The third-order valence-corrected chi connectivity index (χ3v) is 3.81. The monoisotopic (exact) mass is 247 g/mol. The molecule has 2 heterocycles. The van der Waals surface area contributed by atoms with E-state index in [1.54, 1.807) is 0 Å². The molecule has 1 aliphatic rings. The Hall–Kier alpha value is -1.09. The Balaban J connectivity index is 1.98. The number of hydrogen-bond donors (Lipinski definition) is 1. The predicted octanol–water partition coefficient (Wildman–Crippen LogP) is 2.60. The molecule has 1 atom stereocenters. The molecule has 2 rings (SSSR count). The molecule has 1 aliphatic heterocycles. The van der Waals surface area contributed by atoms with E-state index in [4.69, 9.17) is 5.73 Å². The zero-order valence-electron chi connectivity index (χ0n) is 11.8. The fraction of sp³-hybridized carbons (Fsp3) is 0.667. The number of anilines is 1. The molecule has 100 valence electrons. The van der Waals surface area contributed by atoms with Crippen molar-refractivity contribution in [1.82, 2.24) is 4.98 Å². The molecule has 0 aromatic carbocycles. The van der Waals surface area contributed by atoms with Crippen LogP contribution in [0.3, 0.4) is 0 Å². The molecule has 18 heavy (non-hydrogen) atoms. The molecule has 1 aromatic heterocycles. The van der Waals surface area contributed by atoms with Crippen LogP contribution >= 0.6 is 0 Å². The van der Waals surface area contributed by atoms with Gasteiger partial charge in [0.2, 0.25) is 0 Å². The Bertz CT molecular complexity index is 371. The number of aromatic nitrogens is 1. The predicted molar refractivity (Wildman–Crippen MR) is 76.8 cm³/mol. The maximum Gasteiger partial charge on any atom is 0.128 e. The van der Waals surface area contributed by atoms with E-state index in [-0.39, 0.29) is 6.04 Å². The van der Waals surface area contributed by atoms with Gasteiger partial charge in [-0.15, -0.1) is 0 Å². The fourth-order valence-electron chi connectivity index (χ4n) is 2.44. The maximum atomic E-state index is 5.80. The summed E-state index contributed by atoms with van der Waals surface area (Å²) in [4.78, 5) is 6.96. The first kappa shape index (κ1) is 13.3. The van der Waals surface area contributed by atoms with Crippen molar-refractivity contribution >= 4 is 5.82 Å². The van der Waals surface area contributed by atoms with E-state index < -0.39 is 0 Å². The van der Waals surface area contributed by atoms with Crippen LogP contribution in [0.1, 0.15) is 39.2 Å². The smallest absolute Gasteiger partial charge is 0.128 e. The second-order valence-electron chi connectivity index (χ2n) is 6.36. The van der Waals surface area contributed by atoms with Crippen LogP contribution in [0.15, 0.2) is 18.3 Å². The van der Waals surface area contributed by atoms with Gasteiger partial charge in [0.1, 0.15) is 5.82 Å². The molecule has 0 saturated carbocycles. The Labute approximate surface area is 110 Å². The zero-order chi connectivity index (χ0) is 13.2. The van der Waals surface area contributed by atoms with Crippen molar-refractivity contribution in [2.24, 2.45) is 11.1 Å². The van der Waals surface area contributed by atoms with Gasteiger partial charge in [-0.1, -0.05) is 19.9 Å². The Morgan fingerprint density at radius 1 is 1.33 bits per heavy atom. The van der Waals surface area contributed by atoms with E-state index in [0.717, 1.165) is 25.3 Å². The molecule has 2 N–H and O–H groups in total. The highest BCUT2D eigenvalue weighted by molar-refractivity contribution is 5.40. The molecule has 0 aliphatic carbocycles. The number of pyridine rings is 1. The van der Waals surface area contributed by atoms with Crippen molar-refractivity contribution in [2.75, 3.05) is 18.0 Å². The Morgan fingerprint density at radius 3 is 2.50 bits per heavy atom. The zero-order valence-corrected chi connectivity index (χ0v) is 11.8. The lowest BCUT2D eigenvalue weighted by Gasteiger charge is -2.37. The quantitative estimate of drug-likeness (QED) is 0.892. The second kappa shape index (κ2) is 5.27. The summed E-state index contributed by atoms with van der Waals surface area (Å²) in [6.45, 7) is 8.97. The summed E-state index contributed by atoms with van der Waals surface area (Å²) < 4.78 is 0. The average molecular weight is 247 g/mol. The summed E-state index contributed by atoms with van der Waals surface area (Å²) in [5, 5.41) is 0. The molecule has 1 aromatic rings. The van der Waals surface area contributed by atoms with Gasteiger partial charge in [0, 0.05) is 25.3 Å². The van der Waals surface area contributed by atoms with E-state index >= 15 is 0 Å². The number of nitrogens with two attached hydrogens (primary N) is 1. The standard InChI is InChI=1S/C15H25N3/c1-12(16)10-13-4-5-14(17-11-13)18-8-6-15(2,3)7-9-18/h4-5,11-12H,6-10,16H2,1-3H3. The van der Waals surface area contributed by atoms with E-state index in [1.807, 2.05) is 13.1 Å². The molecule has 0 bridgehead atoms. The average Bonchev–Trinajstić information content (AvgIpc) is 2.30. The van der Waals surface area contributed by atoms with E-state index in [1.165, 1.54) is 18.4 Å². The minimum absolute atomic E-state index is 0.202. The molecule has 1 saturated heterocycles. The van der Waals surface area contributed by atoms with Crippen LogP contribution in [0, 0.1) is 5.41 Å². The van der Waals surface area contributed by atoms with Crippen molar-refractivity contribution in [1.29, 1.82) is 0 Å². The first-order valence-corrected chi connectivity index (χ1v) is 6.92. The van der Waals surface area contributed by atoms with Crippen molar-refractivity contribution in [3.05, 3.63) is 23.9 Å². The van der Waals surface area contributed by atoms with E-state index in [0.29, 0.717) is 5.41 Å². The van der Waals surface area contributed by atoms with Gasteiger partial charge in [0.15, 0.2) is 0 Å². The van der Waals surface area contributed by atoms with Gasteiger partial charge in [-0.25, -0.2) is 4.98 Å². The van der Waals surface area contributed by atoms with Crippen molar-refractivity contribution in [3.8, 4) is 0 Å². The third kappa shape index (κ3) is 3.45. The van der Waals surface area contributed by atoms with Gasteiger partial charge in [-0.05, 0) is 43.2 Å². The summed E-state index contributed by atoms with van der Waals surface area (Å²) in [6, 6.07) is 4.50. The highest BCUT2D eigenvalue weighted by Crippen LogP contribution is 2.31. The van der Waals surface area contributed by atoms with Crippen LogP contribution in [-0.4, -0.2) is 24.1 Å². The summed E-state index contributed by atoms with van der Waals surface area (Å²) in [5.41, 5.74) is 7.52. The molecular formula is C15H25N3. The van der Waals surface area contributed by atoms with Gasteiger partial charge in [0.05, 0.1) is 0 Å². The largest absolute Gasteiger partial charge is 0.357 e. The highest BCUT2D eigenvalue weighted by atomic mass is 15.2. The van der Waals surface area contributed by atoms with Gasteiger partial charge in [0.25, 0.3) is 0 Å². The van der Waals surface area contributed by atoms with E-state index in [2.05, 4.69) is 35.9 Å². The molecular weight excluding hydrogens is 222 g/mol. The molecule has 0 radical (unpaired) electrons. The van der Waals surface area contributed by atoms with Crippen LogP contribution < -0.4 is 10.6 Å². The SMILES string of the molecule is CC(N)Cc1ccc(N2CCC(C)(C)CC2)nc1. The second-order valence-corrected chi connectivity index (χ2v) is 6.36. The van der Waals surface area contributed by atoms with Crippen molar-refractivity contribution in [3.63, 3.8) is 0 Å². The summed E-state index contributed by atoms with van der Waals surface area (Å²) in [5.74, 6) is 1.11. The van der Waals surface area contributed by atoms with Gasteiger partial charge >= 0.3 is 0 Å². The molecule has 3 heteroatoms. The molecule has 0 spiro atoms. The number of rotatable bonds is 3. The normalized spacial score (nSPS) is 20.8. The Kier molecular flexibility index (Phi) is 3.91. The minimum Gasteiger partial charge on any atom is -0.357 e. The van der Waals surface area contributed by atoms with Crippen LogP contribution in [0.5, 0.6) is 0 Å². The lowest BCUT2D eigenvalue weighted by molar-refractivity contribution is 0.279. The maximum absolute atomic E-state index is 5.80. The lowest BCUT2D eigenvalue weighted by atomic mass is 9.83. The number of piperidine rings is 1. The van der Waals surface area contributed by atoms with Gasteiger partial charge < -0.3 is 10.6 Å². The topological polar surface area (TPSA) is 42.1 Å². The summed E-state index contributed by atoms with van der Waals surface area (Å²) >= 11 is 0. The molecule has 3 nitrogen and oxygen atoms in total. The van der Waals surface area contributed by atoms with E-state index in [9.17, 15) is 0 Å². The summed E-state index contributed by atoms with van der Waals surface area (Å²) in [7, 11) is 0. The lowest BCUT2D eigenvalue weighted by Crippen LogP contribution is -2.37. The van der Waals surface area contributed by atoms with Crippen LogP contribution in [0.25, 0.3) is 0 Å². The summed E-state index contributed by atoms with van der Waals surface area (Å²) in [6.07, 6.45) is 5.37. The number of hydrogen-bond acceptors (Lipinski definition) is 3. The fourth-order valence-corrected chi connectivity index (χ4v) is 2.44. The minimum atomic E-state index is 0.202. The van der Waals surface area contributed by atoms with Crippen LogP contribution in [0.2, 0.25) is 0 Å².